The molecule has 2 aromatic carbocycles. The number of sulfone groups is 1. The molecular formula is C20H20FN3O5S. The number of nitrogens with one attached hydrogen (secondary N) is 1. The maximum Gasteiger partial charge on any atom is 0.322 e. The molecule has 0 bridgehead atoms. The van der Waals surface area contributed by atoms with Crippen LogP contribution in [-0.4, -0.2) is 36.9 Å². The van der Waals surface area contributed by atoms with Gasteiger partial charge in [-0.15, -0.1) is 5.10 Å². The van der Waals surface area contributed by atoms with Crippen LogP contribution in [0.3, 0.4) is 0 Å². The number of benzene rings is 2. The number of hydrogen-bond donors (Lipinski definition) is 1. The Hall–Kier alpha value is -3.27. The average Bonchev–Trinajstić information content (AvgIpc) is 3.17. The van der Waals surface area contributed by atoms with Crippen molar-refractivity contribution in [3.8, 4) is 17.2 Å². The summed E-state index contributed by atoms with van der Waals surface area (Å²) >= 11 is 0. The highest BCUT2D eigenvalue weighted by Gasteiger charge is 2.16. The molecule has 1 amide bonds. The fourth-order valence-corrected chi connectivity index (χ4v) is 3.93. The third kappa shape index (κ3) is 5.63. The Morgan fingerprint density at radius 3 is 2.47 bits per heavy atom. The van der Waals surface area contributed by atoms with Crippen molar-refractivity contribution in [2.45, 2.75) is 24.7 Å². The van der Waals surface area contributed by atoms with Crippen LogP contribution in [0.4, 0.5) is 10.4 Å². The minimum Gasteiger partial charge on any atom is -0.494 e. The second-order valence-corrected chi connectivity index (χ2v) is 8.40. The minimum atomic E-state index is -3.59. The van der Waals surface area contributed by atoms with E-state index in [1.54, 1.807) is 24.3 Å². The smallest absolute Gasteiger partial charge is 0.322 e. The van der Waals surface area contributed by atoms with Gasteiger partial charge < -0.3 is 9.15 Å². The molecule has 0 atom stereocenters. The second-order valence-electron chi connectivity index (χ2n) is 6.29. The first-order valence-electron chi connectivity index (χ1n) is 9.22. The van der Waals surface area contributed by atoms with Gasteiger partial charge in [0.2, 0.25) is 11.8 Å². The fourth-order valence-electron chi connectivity index (χ4n) is 2.62. The van der Waals surface area contributed by atoms with E-state index >= 15 is 0 Å². The Morgan fingerprint density at radius 2 is 1.80 bits per heavy atom. The molecule has 1 heterocycles. The molecule has 3 rings (SSSR count). The molecule has 8 nitrogen and oxygen atoms in total. The van der Waals surface area contributed by atoms with Gasteiger partial charge in [-0.3, -0.25) is 10.1 Å². The van der Waals surface area contributed by atoms with Crippen molar-refractivity contribution < 1.29 is 26.8 Å². The molecule has 0 radical (unpaired) electrons. The first-order valence-corrected chi connectivity index (χ1v) is 10.9. The van der Waals surface area contributed by atoms with Crippen LogP contribution < -0.4 is 10.1 Å². The van der Waals surface area contributed by atoms with Crippen LogP contribution in [-0.2, 0) is 14.6 Å². The number of carbonyl (C=O) groups is 1. The molecule has 0 saturated carbocycles. The van der Waals surface area contributed by atoms with E-state index in [0.29, 0.717) is 17.9 Å². The van der Waals surface area contributed by atoms with Crippen LogP contribution in [0.15, 0.2) is 57.8 Å². The summed E-state index contributed by atoms with van der Waals surface area (Å²) in [5.41, 5.74) is 0.664. The lowest BCUT2D eigenvalue weighted by molar-refractivity contribution is -0.116. The van der Waals surface area contributed by atoms with Crippen LogP contribution in [0.25, 0.3) is 11.5 Å². The van der Waals surface area contributed by atoms with Crippen molar-refractivity contribution in [2.24, 2.45) is 0 Å². The van der Waals surface area contributed by atoms with Gasteiger partial charge in [-0.25, -0.2) is 12.8 Å². The van der Waals surface area contributed by atoms with Crippen molar-refractivity contribution in [2.75, 3.05) is 17.7 Å². The van der Waals surface area contributed by atoms with Crippen LogP contribution in [0.2, 0.25) is 0 Å². The van der Waals surface area contributed by atoms with Gasteiger partial charge in [0.1, 0.15) is 11.6 Å². The predicted molar refractivity (Wildman–Crippen MR) is 107 cm³/mol. The summed E-state index contributed by atoms with van der Waals surface area (Å²) in [5.74, 6) is -0.270. The van der Waals surface area contributed by atoms with Gasteiger partial charge in [0.05, 0.1) is 17.3 Å². The quantitative estimate of drug-likeness (QED) is 0.514. The molecule has 0 fully saturated rings. The summed E-state index contributed by atoms with van der Waals surface area (Å²) in [4.78, 5) is 12.1. The maximum atomic E-state index is 12.9. The van der Waals surface area contributed by atoms with Gasteiger partial charge >= 0.3 is 6.01 Å². The number of nitrogens with zero attached hydrogens (tertiary/aromatic N) is 2. The fraction of sp³-hybridized carbons (Fsp3) is 0.250. The van der Waals surface area contributed by atoms with E-state index in [1.165, 1.54) is 12.1 Å². The molecule has 0 unspecified atom stereocenters. The largest absolute Gasteiger partial charge is 0.494 e. The Kier molecular flexibility index (Phi) is 6.78. The van der Waals surface area contributed by atoms with Gasteiger partial charge in [0, 0.05) is 12.0 Å². The number of anilines is 1. The molecule has 0 aliphatic heterocycles. The van der Waals surface area contributed by atoms with Gasteiger partial charge in [0.25, 0.3) is 0 Å². The molecule has 1 aromatic heterocycles. The normalized spacial score (nSPS) is 11.3. The first kappa shape index (κ1) is 21.4. The summed E-state index contributed by atoms with van der Waals surface area (Å²) in [6.45, 7) is 2.44. The van der Waals surface area contributed by atoms with E-state index < -0.39 is 21.6 Å². The molecule has 3 aromatic rings. The van der Waals surface area contributed by atoms with Crippen molar-refractivity contribution in [3.05, 3.63) is 54.3 Å². The third-order valence-electron chi connectivity index (χ3n) is 4.07. The lowest BCUT2D eigenvalue weighted by atomic mass is 10.2. The molecular weight excluding hydrogens is 413 g/mol. The minimum absolute atomic E-state index is 0.0150. The van der Waals surface area contributed by atoms with Crippen LogP contribution in [0, 0.1) is 5.82 Å². The molecule has 10 heteroatoms. The number of halogens is 1. The Bertz CT molecular complexity index is 1100. The zero-order valence-corrected chi connectivity index (χ0v) is 17.0. The molecule has 158 valence electrons. The lowest BCUT2D eigenvalue weighted by Gasteiger charge is -2.04. The summed E-state index contributed by atoms with van der Waals surface area (Å²) in [6.07, 6.45) is 0.0343. The first-order chi connectivity index (χ1) is 14.4. The standard InChI is InChI=1S/C20H20FN3O5S/c1-2-28-16-9-5-14(6-10-16)19-23-24-20(29-19)22-18(25)4-3-13-30(26,27)17-11-7-15(21)8-12-17/h5-12H,2-4,13H2,1H3,(H,22,24,25). The molecule has 0 saturated heterocycles. The molecule has 0 spiro atoms. The highest BCUT2D eigenvalue weighted by atomic mass is 32.2. The van der Waals surface area contributed by atoms with Crippen molar-refractivity contribution in [3.63, 3.8) is 0 Å². The summed E-state index contributed by atoms with van der Waals surface area (Å²) in [6, 6.07) is 11.5. The Balaban J connectivity index is 1.51. The molecule has 1 N–H and O–H groups in total. The second kappa shape index (κ2) is 9.49. The van der Waals surface area contributed by atoms with Gasteiger partial charge in [-0.05, 0) is 61.9 Å². The predicted octanol–water partition coefficient (Wildman–Crippen LogP) is 3.47. The third-order valence-corrected chi connectivity index (χ3v) is 5.89. The van der Waals surface area contributed by atoms with Gasteiger partial charge in [-0.1, -0.05) is 5.10 Å². The van der Waals surface area contributed by atoms with Crippen molar-refractivity contribution in [1.82, 2.24) is 10.2 Å². The highest BCUT2D eigenvalue weighted by molar-refractivity contribution is 7.91. The summed E-state index contributed by atoms with van der Waals surface area (Å²) < 4.78 is 48.1. The SMILES string of the molecule is CCOc1ccc(-c2nnc(NC(=O)CCCS(=O)(=O)c3ccc(F)cc3)o2)cc1. The van der Waals surface area contributed by atoms with E-state index in [0.717, 1.165) is 12.1 Å². The zero-order chi connectivity index (χ0) is 21.6. The zero-order valence-electron chi connectivity index (χ0n) is 16.2. The number of ether oxygens (including phenoxy) is 1. The lowest BCUT2D eigenvalue weighted by Crippen LogP contribution is -2.14. The van der Waals surface area contributed by atoms with E-state index in [-0.39, 0.29) is 35.4 Å². The van der Waals surface area contributed by atoms with E-state index in [4.69, 9.17) is 9.15 Å². The van der Waals surface area contributed by atoms with Crippen LogP contribution >= 0.6 is 0 Å². The van der Waals surface area contributed by atoms with Gasteiger partial charge in [-0.2, -0.15) is 0 Å². The summed E-state index contributed by atoms with van der Waals surface area (Å²) in [7, 11) is -3.59. The number of carbonyl (C=O) groups excluding carboxylic acids is 1. The molecule has 0 aliphatic rings. The molecule has 30 heavy (non-hydrogen) atoms. The van der Waals surface area contributed by atoms with Gasteiger partial charge in [0.15, 0.2) is 9.84 Å². The van der Waals surface area contributed by atoms with E-state index in [9.17, 15) is 17.6 Å². The maximum absolute atomic E-state index is 12.9. The number of aromatic nitrogens is 2. The van der Waals surface area contributed by atoms with Crippen molar-refractivity contribution in [1.29, 1.82) is 0 Å². The molecule has 0 aliphatic carbocycles. The Labute approximate surface area is 173 Å². The highest BCUT2D eigenvalue weighted by Crippen LogP contribution is 2.23. The number of hydrogen-bond acceptors (Lipinski definition) is 7. The number of amides is 1. The average molecular weight is 433 g/mol. The number of rotatable bonds is 9. The summed E-state index contributed by atoms with van der Waals surface area (Å²) in [5, 5.41) is 10.1. The van der Waals surface area contributed by atoms with Crippen molar-refractivity contribution >= 4 is 21.8 Å². The Morgan fingerprint density at radius 1 is 1.10 bits per heavy atom. The monoisotopic (exact) mass is 433 g/mol. The van der Waals surface area contributed by atoms with Crippen LogP contribution in [0.5, 0.6) is 5.75 Å². The van der Waals surface area contributed by atoms with Crippen LogP contribution in [0.1, 0.15) is 19.8 Å². The van der Waals surface area contributed by atoms with E-state index in [1.807, 2.05) is 6.92 Å². The topological polar surface area (TPSA) is 111 Å². The van der Waals surface area contributed by atoms with E-state index in [2.05, 4.69) is 15.5 Å².